The van der Waals surface area contributed by atoms with Crippen LogP contribution in [0.15, 0.2) is 16.1 Å². The number of hydrogen-bond acceptors (Lipinski definition) is 1. The quantitative estimate of drug-likeness (QED) is 0.575. The van der Waals surface area contributed by atoms with E-state index in [4.69, 9.17) is 0 Å². The SMILES string of the molecule is CC1=NCC(C)=C1CC(C)C. The van der Waals surface area contributed by atoms with Crippen LogP contribution in [0.1, 0.15) is 34.1 Å². The van der Waals surface area contributed by atoms with Gasteiger partial charge in [0, 0.05) is 5.71 Å². The molecule has 1 aliphatic heterocycles. The molecular weight excluding hydrogens is 134 g/mol. The summed E-state index contributed by atoms with van der Waals surface area (Å²) in [5.74, 6) is 0.753. The summed E-state index contributed by atoms with van der Waals surface area (Å²) in [5, 5.41) is 0. The van der Waals surface area contributed by atoms with Crippen LogP contribution >= 0.6 is 0 Å². The van der Waals surface area contributed by atoms with Crippen molar-refractivity contribution in [3.05, 3.63) is 11.1 Å². The van der Waals surface area contributed by atoms with E-state index in [1.165, 1.54) is 23.3 Å². The molecule has 0 aliphatic carbocycles. The van der Waals surface area contributed by atoms with Crippen LogP contribution in [0.5, 0.6) is 0 Å². The van der Waals surface area contributed by atoms with Crippen molar-refractivity contribution in [3.8, 4) is 0 Å². The van der Waals surface area contributed by atoms with Gasteiger partial charge in [0.05, 0.1) is 6.54 Å². The summed E-state index contributed by atoms with van der Waals surface area (Å²) in [7, 11) is 0. The summed E-state index contributed by atoms with van der Waals surface area (Å²) < 4.78 is 0. The third-order valence-electron chi connectivity index (χ3n) is 2.12. The third-order valence-corrected chi connectivity index (χ3v) is 2.12. The van der Waals surface area contributed by atoms with E-state index in [1.54, 1.807) is 0 Å². The van der Waals surface area contributed by atoms with Gasteiger partial charge >= 0.3 is 0 Å². The summed E-state index contributed by atoms with van der Waals surface area (Å²) in [6.07, 6.45) is 1.20. The average molecular weight is 151 g/mol. The molecule has 0 saturated carbocycles. The predicted molar refractivity (Wildman–Crippen MR) is 50.1 cm³/mol. The monoisotopic (exact) mass is 151 g/mol. The number of allylic oxidation sites excluding steroid dienone is 1. The van der Waals surface area contributed by atoms with Crippen LogP contribution in [0, 0.1) is 5.92 Å². The van der Waals surface area contributed by atoms with Crippen molar-refractivity contribution < 1.29 is 0 Å². The lowest BCUT2D eigenvalue weighted by atomic mass is 9.97. The van der Waals surface area contributed by atoms with Crippen molar-refractivity contribution in [2.45, 2.75) is 34.1 Å². The molecule has 0 bridgehead atoms. The molecule has 0 aromatic rings. The molecule has 0 aromatic carbocycles. The lowest BCUT2D eigenvalue weighted by molar-refractivity contribution is 0.652. The molecule has 0 spiro atoms. The van der Waals surface area contributed by atoms with Crippen molar-refractivity contribution in [1.82, 2.24) is 0 Å². The third kappa shape index (κ3) is 1.92. The van der Waals surface area contributed by atoms with Crippen molar-refractivity contribution in [3.63, 3.8) is 0 Å². The average Bonchev–Trinajstić information content (AvgIpc) is 2.18. The maximum Gasteiger partial charge on any atom is 0.0606 e. The first kappa shape index (κ1) is 8.51. The zero-order valence-electron chi connectivity index (χ0n) is 7.94. The zero-order chi connectivity index (χ0) is 8.43. The highest BCUT2D eigenvalue weighted by Gasteiger charge is 2.12. The van der Waals surface area contributed by atoms with Gasteiger partial charge in [-0.05, 0) is 37.3 Å². The van der Waals surface area contributed by atoms with Gasteiger partial charge in [-0.1, -0.05) is 13.8 Å². The first-order valence-corrected chi connectivity index (χ1v) is 4.31. The molecule has 11 heavy (non-hydrogen) atoms. The Labute approximate surface area is 69.2 Å². The zero-order valence-corrected chi connectivity index (χ0v) is 7.94. The van der Waals surface area contributed by atoms with Crippen LogP contribution in [0.25, 0.3) is 0 Å². The van der Waals surface area contributed by atoms with Crippen molar-refractivity contribution in [1.29, 1.82) is 0 Å². The van der Waals surface area contributed by atoms with E-state index in [0.29, 0.717) is 0 Å². The summed E-state index contributed by atoms with van der Waals surface area (Å²) in [4.78, 5) is 4.39. The Morgan fingerprint density at radius 1 is 1.36 bits per heavy atom. The van der Waals surface area contributed by atoms with Crippen LogP contribution in [0.3, 0.4) is 0 Å². The molecule has 0 atom stereocenters. The highest BCUT2D eigenvalue weighted by molar-refractivity contribution is 6.00. The Kier molecular flexibility index (Phi) is 2.48. The van der Waals surface area contributed by atoms with E-state index in [1.807, 2.05) is 0 Å². The standard InChI is InChI=1S/C10H17N/c1-7(2)5-10-8(3)6-11-9(10)4/h7H,5-6H2,1-4H3. The minimum Gasteiger partial charge on any atom is -0.285 e. The van der Waals surface area contributed by atoms with Gasteiger partial charge in [0.1, 0.15) is 0 Å². The minimum absolute atomic E-state index is 0.753. The molecule has 0 amide bonds. The Morgan fingerprint density at radius 2 is 2.00 bits per heavy atom. The fraction of sp³-hybridized carbons (Fsp3) is 0.700. The molecule has 62 valence electrons. The number of nitrogens with zero attached hydrogens (tertiary/aromatic N) is 1. The Balaban J connectivity index is 2.69. The second-order valence-electron chi connectivity index (χ2n) is 3.76. The molecule has 1 aliphatic rings. The van der Waals surface area contributed by atoms with Gasteiger partial charge in [-0.2, -0.15) is 0 Å². The lowest BCUT2D eigenvalue weighted by Crippen LogP contribution is -1.99. The summed E-state index contributed by atoms with van der Waals surface area (Å²) in [5.41, 5.74) is 4.23. The van der Waals surface area contributed by atoms with Crippen molar-refractivity contribution in [2.75, 3.05) is 6.54 Å². The van der Waals surface area contributed by atoms with E-state index in [0.717, 1.165) is 12.5 Å². The molecule has 0 aromatic heterocycles. The number of aliphatic imine (C=N–C) groups is 1. The molecule has 1 nitrogen and oxygen atoms in total. The molecule has 0 radical (unpaired) electrons. The van der Waals surface area contributed by atoms with E-state index in [2.05, 4.69) is 32.7 Å². The topological polar surface area (TPSA) is 12.4 Å². The van der Waals surface area contributed by atoms with Gasteiger partial charge < -0.3 is 0 Å². The Hall–Kier alpha value is -0.590. The van der Waals surface area contributed by atoms with Gasteiger partial charge in [-0.3, -0.25) is 4.99 Å². The first-order chi connectivity index (χ1) is 5.11. The largest absolute Gasteiger partial charge is 0.285 e. The number of rotatable bonds is 2. The minimum atomic E-state index is 0.753. The van der Waals surface area contributed by atoms with Crippen LogP contribution < -0.4 is 0 Å². The fourth-order valence-corrected chi connectivity index (χ4v) is 1.47. The highest BCUT2D eigenvalue weighted by atomic mass is 14.8. The van der Waals surface area contributed by atoms with Gasteiger partial charge in [0.25, 0.3) is 0 Å². The molecular formula is C10H17N. The number of hydrogen-bond donors (Lipinski definition) is 0. The fourth-order valence-electron chi connectivity index (χ4n) is 1.47. The molecule has 0 saturated heterocycles. The Bertz CT molecular complexity index is 209. The maximum atomic E-state index is 4.39. The second kappa shape index (κ2) is 3.21. The molecule has 1 rings (SSSR count). The highest BCUT2D eigenvalue weighted by Crippen LogP contribution is 2.21. The second-order valence-corrected chi connectivity index (χ2v) is 3.76. The van der Waals surface area contributed by atoms with Gasteiger partial charge in [0.15, 0.2) is 0 Å². The van der Waals surface area contributed by atoms with Gasteiger partial charge in [-0.25, -0.2) is 0 Å². The molecule has 0 unspecified atom stereocenters. The van der Waals surface area contributed by atoms with E-state index in [9.17, 15) is 0 Å². The Morgan fingerprint density at radius 3 is 2.36 bits per heavy atom. The lowest BCUT2D eigenvalue weighted by Gasteiger charge is -2.07. The molecule has 1 heteroatoms. The van der Waals surface area contributed by atoms with Crippen LogP contribution in [0.4, 0.5) is 0 Å². The molecule has 0 N–H and O–H groups in total. The maximum absolute atomic E-state index is 4.39. The van der Waals surface area contributed by atoms with Crippen molar-refractivity contribution >= 4 is 5.71 Å². The van der Waals surface area contributed by atoms with Gasteiger partial charge in [0.2, 0.25) is 0 Å². The van der Waals surface area contributed by atoms with E-state index < -0.39 is 0 Å². The van der Waals surface area contributed by atoms with Gasteiger partial charge in [-0.15, -0.1) is 0 Å². The smallest absolute Gasteiger partial charge is 0.0606 e. The summed E-state index contributed by atoms with van der Waals surface area (Å²) in [6.45, 7) is 9.76. The first-order valence-electron chi connectivity index (χ1n) is 4.31. The molecule has 1 heterocycles. The van der Waals surface area contributed by atoms with E-state index >= 15 is 0 Å². The van der Waals surface area contributed by atoms with Crippen LogP contribution in [-0.2, 0) is 0 Å². The molecule has 0 fully saturated rings. The normalized spacial score (nSPS) is 18.1. The van der Waals surface area contributed by atoms with Crippen LogP contribution in [-0.4, -0.2) is 12.3 Å². The van der Waals surface area contributed by atoms with E-state index in [-0.39, 0.29) is 0 Å². The predicted octanol–water partition coefficient (Wildman–Crippen LogP) is 2.82. The summed E-state index contributed by atoms with van der Waals surface area (Å²) >= 11 is 0. The summed E-state index contributed by atoms with van der Waals surface area (Å²) in [6, 6.07) is 0. The van der Waals surface area contributed by atoms with Crippen LogP contribution in [0.2, 0.25) is 0 Å². The van der Waals surface area contributed by atoms with Crippen molar-refractivity contribution in [2.24, 2.45) is 10.9 Å².